The minimum Gasteiger partial charge on any atom is -0.278 e. The molecule has 0 atom stereocenters. The van der Waals surface area contributed by atoms with E-state index < -0.39 is 10.0 Å². The first kappa shape index (κ1) is 13.5. The van der Waals surface area contributed by atoms with Crippen molar-refractivity contribution in [3.8, 4) is 6.07 Å². The molecule has 0 aliphatic rings. The van der Waals surface area contributed by atoms with E-state index in [1.807, 2.05) is 12.1 Å². The summed E-state index contributed by atoms with van der Waals surface area (Å²) < 4.78 is 27.4. The summed E-state index contributed by atoms with van der Waals surface area (Å²) in [5, 5.41) is 10.4. The highest BCUT2D eigenvalue weighted by molar-refractivity contribution is 7.94. The van der Waals surface area contributed by atoms with Crippen molar-refractivity contribution in [1.82, 2.24) is 4.98 Å². The van der Waals surface area contributed by atoms with Crippen LogP contribution >= 0.6 is 11.3 Å². The lowest BCUT2D eigenvalue weighted by Gasteiger charge is -2.09. The zero-order chi connectivity index (χ0) is 14.9. The van der Waals surface area contributed by atoms with Gasteiger partial charge in [-0.25, -0.2) is 8.42 Å². The highest BCUT2D eigenvalue weighted by Gasteiger charge is 2.18. The van der Waals surface area contributed by atoms with E-state index in [2.05, 4.69) is 9.71 Å². The quantitative estimate of drug-likeness (QED) is 0.805. The molecule has 0 bridgehead atoms. The molecule has 2 heterocycles. The number of nitriles is 1. The summed E-state index contributed by atoms with van der Waals surface area (Å²) >= 11 is 0.941. The Morgan fingerprint density at radius 1 is 1.19 bits per heavy atom. The largest absolute Gasteiger partial charge is 0.278 e. The molecule has 0 unspecified atom stereocenters. The molecular formula is C14H9N3O2S2. The van der Waals surface area contributed by atoms with Crippen LogP contribution in [0, 0.1) is 11.3 Å². The molecule has 3 aromatic rings. The molecule has 7 heteroatoms. The van der Waals surface area contributed by atoms with Crippen LogP contribution in [0.15, 0.2) is 53.0 Å². The van der Waals surface area contributed by atoms with E-state index in [-0.39, 0.29) is 4.21 Å². The second kappa shape index (κ2) is 5.16. The zero-order valence-electron chi connectivity index (χ0n) is 10.6. The molecule has 0 fully saturated rings. The van der Waals surface area contributed by atoms with Crippen LogP contribution in [0.25, 0.3) is 10.8 Å². The number of benzene rings is 1. The Hall–Kier alpha value is -2.43. The maximum atomic E-state index is 12.3. The van der Waals surface area contributed by atoms with Crippen LogP contribution in [0.1, 0.15) is 4.88 Å². The summed E-state index contributed by atoms with van der Waals surface area (Å²) in [6, 6.07) is 11.9. The lowest BCUT2D eigenvalue weighted by atomic mass is 10.1. The molecule has 0 aliphatic heterocycles. The van der Waals surface area contributed by atoms with Crippen molar-refractivity contribution in [2.75, 3.05) is 4.72 Å². The number of thiophene rings is 1. The van der Waals surface area contributed by atoms with Gasteiger partial charge in [-0.3, -0.25) is 9.71 Å². The number of fused-ring (bicyclic) bond motifs is 1. The monoisotopic (exact) mass is 315 g/mol. The van der Waals surface area contributed by atoms with Crippen molar-refractivity contribution < 1.29 is 8.42 Å². The number of rotatable bonds is 3. The first-order valence-corrected chi connectivity index (χ1v) is 8.25. The van der Waals surface area contributed by atoms with Gasteiger partial charge in [0.05, 0.1) is 5.69 Å². The molecule has 2 aromatic heterocycles. The predicted molar refractivity (Wildman–Crippen MR) is 81.6 cm³/mol. The molecule has 0 saturated heterocycles. The number of sulfonamides is 1. The standard InChI is InChI=1S/C14H9N3O2S2/c15-8-11-4-5-14(20-11)21(18,19)17-13-3-1-2-10-9-16-7-6-12(10)13/h1-7,9,17H. The maximum absolute atomic E-state index is 12.3. The third-order valence-corrected chi connectivity index (χ3v) is 5.73. The smallest absolute Gasteiger partial charge is 0.271 e. The summed E-state index contributed by atoms with van der Waals surface area (Å²) in [6.07, 6.45) is 3.28. The van der Waals surface area contributed by atoms with Crippen molar-refractivity contribution in [1.29, 1.82) is 5.26 Å². The maximum Gasteiger partial charge on any atom is 0.271 e. The third kappa shape index (κ3) is 2.59. The van der Waals surface area contributed by atoms with Crippen LogP contribution in [0.3, 0.4) is 0 Å². The minimum atomic E-state index is -3.70. The van der Waals surface area contributed by atoms with Gasteiger partial charge in [-0.15, -0.1) is 11.3 Å². The fraction of sp³-hybridized carbons (Fsp3) is 0. The molecule has 21 heavy (non-hydrogen) atoms. The molecule has 0 aliphatic carbocycles. The van der Waals surface area contributed by atoms with Gasteiger partial charge in [-0.2, -0.15) is 5.26 Å². The van der Waals surface area contributed by atoms with Gasteiger partial charge in [-0.1, -0.05) is 12.1 Å². The highest BCUT2D eigenvalue weighted by Crippen LogP contribution is 2.27. The summed E-state index contributed by atoms with van der Waals surface area (Å²) in [7, 11) is -3.70. The molecule has 0 saturated carbocycles. The molecule has 104 valence electrons. The molecule has 0 amide bonds. The SMILES string of the molecule is N#Cc1ccc(S(=O)(=O)Nc2cccc3cnccc23)s1. The summed E-state index contributed by atoms with van der Waals surface area (Å²) in [6.45, 7) is 0. The Morgan fingerprint density at radius 3 is 2.81 bits per heavy atom. The van der Waals surface area contributed by atoms with Crippen LogP contribution in [-0.4, -0.2) is 13.4 Å². The van der Waals surface area contributed by atoms with Gasteiger partial charge in [-0.05, 0) is 24.3 Å². The molecule has 0 spiro atoms. The van der Waals surface area contributed by atoms with Gasteiger partial charge in [0.25, 0.3) is 10.0 Å². The number of nitrogens with zero attached hydrogens (tertiary/aromatic N) is 2. The van der Waals surface area contributed by atoms with Gasteiger partial charge in [0.2, 0.25) is 0 Å². The van der Waals surface area contributed by atoms with Crippen molar-refractivity contribution in [3.05, 3.63) is 53.7 Å². The molecule has 0 radical (unpaired) electrons. The molecule has 3 rings (SSSR count). The van der Waals surface area contributed by atoms with E-state index in [1.54, 1.807) is 30.6 Å². The Balaban J connectivity index is 2.04. The van der Waals surface area contributed by atoms with Crippen molar-refractivity contribution in [2.45, 2.75) is 4.21 Å². The first-order chi connectivity index (χ1) is 10.1. The Bertz CT molecular complexity index is 950. The number of aromatic nitrogens is 1. The highest BCUT2D eigenvalue weighted by atomic mass is 32.2. The molecule has 1 aromatic carbocycles. The summed E-state index contributed by atoms with van der Waals surface area (Å²) in [4.78, 5) is 4.37. The van der Waals surface area contributed by atoms with E-state index >= 15 is 0 Å². The number of pyridine rings is 1. The number of hydrogen-bond acceptors (Lipinski definition) is 5. The molecule has 5 nitrogen and oxygen atoms in total. The van der Waals surface area contributed by atoms with Gasteiger partial charge in [0, 0.05) is 23.2 Å². The lowest BCUT2D eigenvalue weighted by molar-refractivity contribution is 0.603. The average molecular weight is 315 g/mol. The predicted octanol–water partition coefficient (Wildman–Crippen LogP) is 2.97. The Labute approximate surface area is 125 Å². The normalized spacial score (nSPS) is 11.2. The fourth-order valence-corrected chi connectivity index (χ4v) is 4.11. The van der Waals surface area contributed by atoms with Crippen LogP contribution in [-0.2, 0) is 10.0 Å². The Kier molecular flexibility index (Phi) is 3.33. The van der Waals surface area contributed by atoms with Crippen LogP contribution < -0.4 is 4.72 Å². The van der Waals surface area contributed by atoms with Gasteiger partial charge in [0.1, 0.15) is 15.2 Å². The topological polar surface area (TPSA) is 82.8 Å². The van der Waals surface area contributed by atoms with E-state index in [0.29, 0.717) is 10.6 Å². The van der Waals surface area contributed by atoms with Crippen molar-refractivity contribution in [3.63, 3.8) is 0 Å². The Morgan fingerprint density at radius 2 is 2.05 bits per heavy atom. The second-order valence-corrected chi connectivity index (χ2v) is 7.23. The van der Waals surface area contributed by atoms with Crippen molar-refractivity contribution >= 4 is 37.8 Å². The van der Waals surface area contributed by atoms with E-state index in [4.69, 9.17) is 5.26 Å². The fourth-order valence-electron chi connectivity index (χ4n) is 1.93. The van der Waals surface area contributed by atoms with Crippen LogP contribution in [0.4, 0.5) is 5.69 Å². The lowest BCUT2D eigenvalue weighted by Crippen LogP contribution is -2.11. The molecular weight excluding hydrogens is 306 g/mol. The van der Waals surface area contributed by atoms with Crippen LogP contribution in [0.2, 0.25) is 0 Å². The third-order valence-electron chi connectivity index (χ3n) is 2.88. The zero-order valence-corrected chi connectivity index (χ0v) is 12.3. The second-order valence-electron chi connectivity index (χ2n) is 4.24. The van der Waals surface area contributed by atoms with Gasteiger partial charge >= 0.3 is 0 Å². The van der Waals surface area contributed by atoms with Gasteiger partial charge < -0.3 is 0 Å². The van der Waals surface area contributed by atoms with E-state index in [9.17, 15) is 8.42 Å². The van der Waals surface area contributed by atoms with E-state index in [0.717, 1.165) is 22.1 Å². The average Bonchev–Trinajstić information content (AvgIpc) is 2.97. The number of anilines is 1. The summed E-state index contributed by atoms with van der Waals surface area (Å²) in [5.74, 6) is 0. The van der Waals surface area contributed by atoms with Crippen LogP contribution in [0.5, 0.6) is 0 Å². The number of hydrogen-bond donors (Lipinski definition) is 1. The van der Waals surface area contributed by atoms with Crippen molar-refractivity contribution in [2.24, 2.45) is 0 Å². The number of nitrogens with one attached hydrogen (secondary N) is 1. The summed E-state index contributed by atoms with van der Waals surface area (Å²) in [5.41, 5.74) is 0.488. The van der Waals surface area contributed by atoms with E-state index in [1.165, 1.54) is 12.1 Å². The molecule has 1 N–H and O–H groups in total. The first-order valence-electron chi connectivity index (χ1n) is 5.96. The minimum absolute atomic E-state index is 0.116. The van der Waals surface area contributed by atoms with Gasteiger partial charge in [0.15, 0.2) is 0 Å².